The zero-order valence-corrected chi connectivity index (χ0v) is 12.6. The average Bonchev–Trinajstić information content (AvgIpc) is 2.84. The Labute approximate surface area is 126 Å². The predicted molar refractivity (Wildman–Crippen MR) is 81.6 cm³/mol. The number of nitrogens with two attached hydrogens (primary N) is 1. The Bertz CT molecular complexity index is 440. The number of benzene rings is 1. The third-order valence-electron chi connectivity index (χ3n) is 3.86. The summed E-state index contributed by atoms with van der Waals surface area (Å²) < 4.78 is 0. The number of hydrogen-bond donors (Lipinski definition) is 3. The zero-order valence-electron chi connectivity index (χ0n) is 11.8. The molecule has 1 aromatic rings. The van der Waals surface area contributed by atoms with Crippen molar-refractivity contribution in [2.75, 3.05) is 0 Å². The Balaban J connectivity index is 0.00000200. The highest BCUT2D eigenvalue weighted by atomic mass is 35.5. The SMILES string of the molecule is CC(O)c1ccc(CNC(=O)C2(N)CCCC2)cc1.Cl. The molecule has 0 bridgehead atoms. The van der Waals surface area contributed by atoms with Crippen LogP contribution in [0.1, 0.15) is 49.8 Å². The minimum absolute atomic E-state index is 0. The van der Waals surface area contributed by atoms with E-state index in [-0.39, 0.29) is 18.3 Å². The van der Waals surface area contributed by atoms with Crippen molar-refractivity contribution >= 4 is 18.3 Å². The molecule has 1 aromatic carbocycles. The van der Waals surface area contributed by atoms with Crippen LogP contribution in [-0.4, -0.2) is 16.6 Å². The smallest absolute Gasteiger partial charge is 0.240 e. The van der Waals surface area contributed by atoms with Crippen molar-refractivity contribution in [2.24, 2.45) is 5.73 Å². The van der Waals surface area contributed by atoms with Gasteiger partial charge in [-0.2, -0.15) is 0 Å². The summed E-state index contributed by atoms with van der Waals surface area (Å²) in [7, 11) is 0. The van der Waals surface area contributed by atoms with Gasteiger partial charge in [0.25, 0.3) is 0 Å². The molecule has 112 valence electrons. The van der Waals surface area contributed by atoms with E-state index in [9.17, 15) is 9.90 Å². The Morgan fingerprint density at radius 1 is 1.35 bits per heavy atom. The molecule has 1 aliphatic carbocycles. The first-order valence-electron chi connectivity index (χ1n) is 6.85. The standard InChI is InChI=1S/C15H22N2O2.ClH/c1-11(18)13-6-4-12(5-7-13)10-17-14(19)15(16)8-2-3-9-15;/h4-7,11,18H,2-3,8-10,16H2,1H3,(H,17,19);1H. The summed E-state index contributed by atoms with van der Waals surface area (Å²) in [6.45, 7) is 2.22. The van der Waals surface area contributed by atoms with Gasteiger partial charge in [-0.05, 0) is 30.9 Å². The van der Waals surface area contributed by atoms with Gasteiger partial charge >= 0.3 is 0 Å². The van der Waals surface area contributed by atoms with Crippen LogP contribution in [0.3, 0.4) is 0 Å². The van der Waals surface area contributed by atoms with E-state index in [1.54, 1.807) is 6.92 Å². The third-order valence-corrected chi connectivity index (χ3v) is 3.86. The molecule has 1 unspecified atom stereocenters. The van der Waals surface area contributed by atoms with Crippen LogP contribution in [0.5, 0.6) is 0 Å². The molecule has 5 heteroatoms. The number of aliphatic hydroxyl groups excluding tert-OH is 1. The van der Waals surface area contributed by atoms with E-state index in [0.717, 1.165) is 36.8 Å². The van der Waals surface area contributed by atoms with E-state index in [1.165, 1.54) is 0 Å². The van der Waals surface area contributed by atoms with Gasteiger partial charge < -0.3 is 16.2 Å². The second-order valence-corrected chi connectivity index (χ2v) is 5.46. The van der Waals surface area contributed by atoms with Gasteiger partial charge in [0.1, 0.15) is 0 Å². The topological polar surface area (TPSA) is 75.3 Å². The van der Waals surface area contributed by atoms with Crippen LogP contribution in [0.4, 0.5) is 0 Å². The van der Waals surface area contributed by atoms with E-state index < -0.39 is 11.6 Å². The zero-order chi connectivity index (χ0) is 13.9. The summed E-state index contributed by atoms with van der Waals surface area (Å²) in [6.07, 6.45) is 3.16. The molecule has 20 heavy (non-hydrogen) atoms. The van der Waals surface area contributed by atoms with Crippen molar-refractivity contribution in [1.29, 1.82) is 0 Å². The Hall–Kier alpha value is -1.10. The van der Waals surface area contributed by atoms with Gasteiger partial charge in [0.05, 0.1) is 11.6 Å². The van der Waals surface area contributed by atoms with Gasteiger partial charge in [-0.15, -0.1) is 12.4 Å². The fraction of sp³-hybridized carbons (Fsp3) is 0.533. The molecule has 1 aliphatic rings. The van der Waals surface area contributed by atoms with E-state index >= 15 is 0 Å². The lowest BCUT2D eigenvalue weighted by Crippen LogP contribution is -2.51. The first kappa shape index (κ1) is 17.0. The van der Waals surface area contributed by atoms with Crippen molar-refractivity contribution in [3.8, 4) is 0 Å². The number of carbonyl (C=O) groups is 1. The maximum absolute atomic E-state index is 12.0. The Morgan fingerprint density at radius 2 is 1.90 bits per heavy atom. The fourth-order valence-corrected chi connectivity index (χ4v) is 2.51. The largest absolute Gasteiger partial charge is 0.389 e. The number of amides is 1. The number of halogens is 1. The number of nitrogens with one attached hydrogen (secondary N) is 1. The molecule has 0 aliphatic heterocycles. The Morgan fingerprint density at radius 3 is 2.40 bits per heavy atom. The summed E-state index contributed by atoms with van der Waals surface area (Å²) in [4.78, 5) is 12.0. The lowest BCUT2D eigenvalue weighted by Gasteiger charge is -2.22. The minimum atomic E-state index is -0.667. The highest BCUT2D eigenvalue weighted by molar-refractivity contribution is 5.86. The molecular formula is C15H23ClN2O2. The van der Waals surface area contributed by atoms with Crippen molar-refractivity contribution in [3.05, 3.63) is 35.4 Å². The third kappa shape index (κ3) is 3.95. The molecular weight excluding hydrogens is 276 g/mol. The van der Waals surface area contributed by atoms with Crippen molar-refractivity contribution in [3.63, 3.8) is 0 Å². The van der Waals surface area contributed by atoms with Gasteiger partial charge in [-0.25, -0.2) is 0 Å². The highest BCUT2D eigenvalue weighted by Crippen LogP contribution is 2.27. The molecule has 4 nitrogen and oxygen atoms in total. The quantitative estimate of drug-likeness (QED) is 0.796. The number of aliphatic hydroxyl groups is 1. The van der Waals surface area contributed by atoms with Crippen LogP contribution in [0, 0.1) is 0 Å². The van der Waals surface area contributed by atoms with Crippen LogP contribution in [0.25, 0.3) is 0 Å². The molecule has 1 amide bonds. The van der Waals surface area contributed by atoms with Crippen molar-refractivity contribution in [1.82, 2.24) is 5.32 Å². The molecule has 1 atom stereocenters. The average molecular weight is 299 g/mol. The predicted octanol–water partition coefficient (Wildman–Crippen LogP) is 2.05. The maximum atomic E-state index is 12.0. The first-order valence-corrected chi connectivity index (χ1v) is 6.85. The summed E-state index contributed by atoms with van der Waals surface area (Å²) in [5, 5.41) is 12.3. The van der Waals surface area contributed by atoms with E-state index in [2.05, 4.69) is 5.32 Å². The van der Waals surface area contributed by atoms with E-state index in [1.807, 2.05) is 24.3 Å². The summed E-state index contributed by atoms with van der Waals surface area (Å²) in [6, 6.07) is 7.58. The Kier molecular flexibility index (Phi) is 5.99. The lowest BCUT2D eigenvalue weighted by atomic mass is 9.98. The van der Waals surface area contributed by atoms with Crippen LogP contribution >= 0.6 is 12.4 Å². The van der Waals surface area contributed by atoms with Crippen molar-refractivity contribution in [2.45, 2.75) is 50.8 Å². The minimum Gasteiger partial charge on any atom is -0.389 e. The summed E-state index contributed by atoms with van der Waals surface area (Å²) in [5.74, 6) is -0.0513. The van der Waals surface area contributed by atoms with Gasteiger partial charge in [0, 0.05) is 6.54 Å². The number of carbonyl (C=O) groups excluding carboxylic acids is 1. The number of rotatable bonds is 4. The molecule has 2 rings (SSSR count). The van der Waals surface area contributed by atoms with Gasteiger partial charge in [0.15, 0.2) is 0 Å². The highest BCUT2D eigenvalue weighted by Gasteiger charge is 2.36. The molecule has 0 radical (unpaired) electrons. The molecule has 0 saturated heterocycles. The monoisotopic (exact) mass is 298 g/mol. The summed E-state index contributed by atoms with van der Waals surface area (Å²) >= 11 is 0. The van der Waals surface area contributed by atoms with Gasteiger partial charge in [-0.1, -0.05) is 37.1 Å². The van der Waals surface area contributed by atoms with E-state index in [4.69, 9.17) is 5.73 Å². The van der Waals surface area contributed by atoms with Gasteiger partial charge in [0.2, 0.25) is 5.91 Å². The van der Waals surface area contributed by atoms with Crippen LogP contribution in [0.15, 0.2) is 24.3 Å². The summed E-state index contributed by atoms with van der Waals surface area (Å²) in [5.41, 5.74) is 7.31. The molecule has 0 spiro atoms. The first-order chi connectivity index (χ1) is 9.01. The van der Waals surface area contributed by atoms with Gasteiger partial charge in [-0.3, -0.25) is 4.79 Å². The maximum Gasteiger partial charge on any atom is 0.240 e. The van der Waals surface area contributed by atoms with E-state index in [0.29, 0.717) is 6.54 Å². The fourth-order valence-electron chi connectivity index (χ4n) is 2.51. The van der Waals surface area contributed by atoms with Crippen molar-refractivity contribution < 1.29 is 9.90 Å². The van der Waals surface area contributed by atoms with Crippen LogP contribution < -0.4 is 11.1 Å². The molecule has 4 N–H and O–H groups in total. The van der Waals surface area contributed by atoms with Crippen LogP contribution in [-0.2, 0) is 11.3 Å². The molecule has 0 heterocycles. The second-order valence-electron chi connectivity index (χ2n) is 5.46. The second kappa shape index (κ2) is 7.07. The molecule has 1 fully saturated rings. The lowest BCUT2D eigenvalue weighted by molar-refractivity contribution is -0.126. The normalized spacial score (nSPS) is 18.1. The number of hydrogen-bond acceptors (Lipinski definition) is 3. The van der Waals surface area contributed by atoms with Crippen LogP contribution in [0.2, 0.25) is 0 Å². The molecule has 0 aromatic heterocycles. The molecule has 1 saturated carbocycles.